The van der Waals surface area contributed by atoms with E-state index in [1.165, 1.54) is 12.1 Å². The Bertz CT molecular complexity index is 579. The summed E-state index contributed by atoms with van der Waals surface area (Å²) in [6, 6.07) is 6.46. The molecule has 0 saturated carbocycles. The van der Waals surface area contributed by atoms with Crippen LogP contribution in [0.4, 0.5) is 10.3 Å². The van der Waals surface area contributed by atoms with Crippen molar-refractivity contribution in [2.75, 3.05) is 25.2 Å². The van der Waals surface area contributed by atoms with Crippen molar-refractivity contribution in [3.8, 4) is 0 Å². The van der Waals surface area contributed by atoms with Crippen LogP contribution in [0.3, 0.4) is 0 Å². The van der Waals surface area contributed by atoms with Crippen molar-refractivity contribution in [1.82, 2.24) is 20.2 Å². The quantitative estimate of drug-likeness (QED) is 0.835. The SMILES string of the molecule is CN(Cc1ccc(F)cc1)c1nnnn1CC1CCOC1. The average Bonchev–Trinajstić information content (AvgIpc) is 3.13. The van der Waals surface area contributed by atoms with E-state index >= 15 is 0 Å². The number of halogens is 1. The van der Waals surface area contributed by atoms with Crippen LogP contribution >= 0.6 is 0 Å². The zero-order valence-corrected chi connectivity index (χ0v) is 11.9. The van der Waals surface area contributed by atoms with Crippen LogP contribution in [0.2, 0.25) is 0 Å². The van der Waals surface area contributed by atoms with E-state index in [1.807, 2.05) is 16.6 Å². The lowest BCUT2D eigenvalue weighted by molar-refractivity contribution is 0.181. The summed E-state index contributed by atoms with van der Waals surface area (Å²) in [6.45, 7) is 2.96. The van der Waals surface area contributed by atoms with E-state index in [1.54, 1.807) is 12.1 Å². The molecule has 0 aliphatic carbocycles. The van der Waals surface area contributed by atoms with Crippen LogP contribution in [-0.4, -0.2) is 40.5 Å². The lowest BCUT2D eigenvalue weighted by atomic mass is 10.1. The van der Waals surface area contributed by atoms with Crippen LogP contribution in [0.1, 0.15) is 12.0 Å². The highest BCUT2D eigenvalue weighted by Gasteiger charge is 2.20. The Balaban J connectivity index is 1.68. The molecule has 6 nitrogen and oxygen atoms in total. The molecular formula is C14H18FN5O. The predicted octanol–water partition coefficient (Wildman–Crippen LogP) is 1.49. The first-order valence-electron chi connectivity index (χ1n) is 7.02. The lowest BCUT2D eigenvalue weighted by Gasteiger charge is -2.18. The van der Waals surface area contributed by atoms with Gasteiger partial charge in [0.2, 0.25) is 5.95 Å². The van der Waals surface area contributed by atoms with E-state index in [0.717, 1.165) is 31.7 Å². The minimum Gasteiger partial charge on any atom is -0.381 e. The first-order chi connectivity index (χ1) is 10.2. The molecule has 2 heterocycles. The minimum atomic E-state index is -0.229. The summed E-state index contributed by atoms with van der Waals surface area (Å²) in [5.74, 6) is 0.949. The van der Waals surface area contributed by atoms with Gasteiger partial charge in [0, 0.05) is 26.1 Å². The average molecular weight is 291 g/mol. The minimum absolute atomic E-state index is 0.229. The number of anilines is 1. The van der Waals surface area contributed by atoms with Gasteiger partial charge in [-0.15, -0.1) is 0 Å². The highest BCUT2D eigenvalue weighted by Crippen LogP contribution is 2.18. The van der Waals surface area contributed by atoms with Gasteiger partial charge in [0.1, 0.15) is 5.82 Å². The Morgan fingerprint density at radius 3 is 2.90 bits per heavy atom. The number of hydrogen-bond acceptors (Lipinski definition) is 5. The Morgan fingerprint density at radius 2 is 2.19 bits per heavy atom. The normalized spacial score (nSPS) is 18.1. The number of aromatic nitrogens is 4. The maximum atomic E-state index is 12.9. The summed E-state index contributed by atoms with van der Waals surface area (Å²) < 4.78 is 20.1. The number of rotatable bonds is 5. The molecule has 3 rings (SSSR count). The molecule has 2 aromatic rings. The third kappa shape index (κ3) is 3.36. The second-order valence-electron chi connectivity index (χ2n) is 5.37. The Labute approximate surface area is 122 Å². The van der Waals surface area contributed by atoms with Crippen LogP contribution < -0.4 is 4.90 Å². The van der Waals surface area contributed by atoms with Gasteiger partial charge >= 0.3 is 0 Å². The summed E-state index contributed by atoms with van der Waals surface area (Å²) in [4.78, 5) is 1.96. The van der Waals surface area contributed by atoms with Crippen molar-refractivity contribution in [3.05, 3.63) is 35.6 Å². The van der Waals surface area contributed by atoms with Crippen molar-refractivity contribution in [1.29, 1.82) is 0 Å². The highest BCUT2D eigenvalue weighted by atomic mass is 19.1. The molecule has 1 aromatic heterocycles. The zero-order valence-electron chi connectivity index (χ0n) is 11.9. The van der Waals surface area contributed by atoms with Crippen molar-refractivity contribution in [2.45, 2.75) is 19.5 Å². The second kappa shape index (κ2) is 6.17. The Hall–Kier alpha value is -2.02. The van der Waals surface area contributed by atoms with E-state index in [9.17, 15) is 4.39 Å². The van der Waals surface area contributed by atoms with E-state index in [4.69, 9.17) is 4.74 Å². The van der Waals surface area contributed by atoms with Crippen LogP contribution in [0, 0.1) is 11.7 Å². The van der Waals surface area contributed by atoms with E-state index in [-0.39, 0.29) is 5.82 Å². The largest absolute Gasteiger partial charge is 0.381 e. The fraction of sp³-hybridized carbons (Fsp3) is 0.500. The lowest BCUT2D eigenvalue weighted by Crippen LogP contribution is -2.23. The molecule has 1 aromatic carbocycles. The molecule has 1 saturated heterocycles. The maximum absolute atomic E-state index is 12.9. The van der Waals surface area contributed by atoms with Gasteiger partial charge in [-0.05, 0) is 34.5 Å². The summed E-state index contributed by atoms with van der Waals surface area (Å²) in [5.41, 5.74) is 1.01. The molecule has 0 radical (unpaired) electrons. The van der Waals surface area contributed by atoms with Gasteiger partial charge < -0.3 is 9.64 Å². The van der Waals surface area contributed by atoms with Crippen LogP contribution in [-0.2, 0) is 17.8 Å². The van der Waals surface area contributed by atoms with Gasteiger partial charge in [-0.1, -0.05) is 17.2 Å². The van der Waals surface area contributed by atoms with Crippen molar-refractivity contribution < 1.29 is 9.13 Å². The first-order valence-corrected chi connectivity index (χ1v) is 7.02. The van der Waals surface area contributed by atoms with E-state index < -0.39 is 0 Å². The predicted molar refractivity (Wildman–Crippen MR) is 75.3 cm³/mol. The fourth-order valence-corrected chi connectivity index (χ4v) is 2.50. The third-order valence-electron chi connectivity index (χ3n) is 3.64. The number of ether oxygens (including phenoxy) is 1. The molecule has 112 valence electrons. The monoisotopic (exact) mass is 291 g/mol. The van der Waals surface area contributed by atoms with Crippen molar-refractivity contribution >= 4 is 5.95 Å². The summed E-state index contributed by atoms with van der Waals surface area (Å²) in [6.07, 6.45) is 1.04. The molecular weight excluding hydrogens is 273 g/mol. The summed E-state index contributed by atoms with van der Waals surface area (Å²) in [5, 5.41) is 11.9. The maximum Gasteiger partial charge on any atom is 0.245 e. The molecule has 1 fully saturated rings. The topological polar surface area (TPSA) is 56.1 Å². The molecule has 0 spiro atoms. The first kappa shape index (κ1) is 13.9. The molecule has 1 unspecified atom stereocenters. The van der Waals surface area contributed by atoms with E-state index in [2.05, 4.69) is 15.5 Å². The molecule has 1 aliphatic rings. The number of tetrazole rings is 1. The Morgan fingerprint density at radius 1 is 1.38 bits per heavy atom. The second-order valence-corrected chi connectivity index (χ2v) is 5.37. The summed E-state index contributed by atoms with van der Waals surface area (Å²) in [7, 11) is 1.93. The van der Waals surface area contributed by atoms with Gasteiger partial charge in [-0.25, -0.2) is 9.07 Å². The van der Waals surface area contributed by atoms with Gasteiger partial charge in [0.15, 0.2) is 0 Å². The molecule has 1 aliphatic heterocycles. The highest BCUT2D eigenvalue weighted by molar-refractivity contribution is 5.30. The van der Waals surface area contributed by atoms with E-state index in [0.29, 0.717) is 18.4 Å². The van der Waals surface area contributed by atoms with Gasteiger partial charge in [0.25, 0.3) is 0 Å². The van der Waals surface area contributed by atoms with Crippen molar-refractivity contribution in [3.63, 3.8) is 0 Å². The summed E-state index contributed by atoms with van der Waals surface area (Å²) >= 11 is 0. The van der Waals surface area contributed by atoms with Gasteiger partial charge in [0.05, 0.1) is 13.2 Å². The Kier molecular flexibility index (Phi) is 4.10. The van der Waals surface area contributed by atoms with Crippen LogP contribution in [0.25, 0.3) is 0 Å². The smallest absolute Gasteiger partial charge is 0.245 e. The van der Waals surface area contributed by atoms with Gasteiger partial charge in [-0.2, -0.15) is 0 Å². The zero-order chi connectivity index (χ0) is 14.7. The van der Waals surface area contributed by atoms with Crippen LogP contribution in [0.5, 0.6) is 0 Å². The molecule has 1 atom stereocenters. The van der Waals surface area contributed by atoms with Crippen molar-refractivity contribution in [2.24, 2.45) is 5.92 Å². The van der Waals surface area contributed by atoms with Crippen LogP contribution in [0.15, 0.2) is 24.3 Å². The molecule has 7 heteroatoms. The number of benzene rings is 1. The fourth-order valence-electron chi connectivity index (χ4n) is 2.50. The van der Waals surface area contributed by atoms with Gasteiger partial charge in [-0.3, -0.25) is 0 Å². The molecule has 0 bridgehead atoms. The molecule has 0 amide bonds. The number of nitrogens with zero attached hydrogens (tertiary/aromatic N) is 5. The number of hydrogen-bond donors (Lipinski definition) is 0. The third-order valence-corrected chi connectivity index (χ3v) is 3.64. The molecule has 0 N–H and O–H groups in total. The standard InChI is InChI=1S/C14H18FN5O/c1-19(8-11-2-4-13(15)5-3-11)14-16-17-18-20(14)9-12-6-7-21-10-12/h2-5,12H,6-10H2,1H3. The molecule has 21 heavy (non-hydrogen) atoms.